The molecule has 3 N–H and O–H groups in total. The Hall–Kier alpha value is -2.80. The summed E-state index contributed by atoms with van der Waals surface area (Å²) < 4.78 is 1.30. The summed E-state index contributed by atoms with van der Waals surface area (Å²) in [6.07, 6.45) is 1.55. The molecule has 0 spiro atoms. The van der Waals surface area contributed by atoms with E-state index in [4.69, 9.17) is 22.4 Å². The first-order chi connectivity index (χ1) is 10.6. The maximum absolute atomic E-state index is 9.37. The minimum atomic E-state index is -0.174. The SMILES string of the molecule is N#C/C(=C\c1ccccc1Cl)c1nn(CCO)c(N)c1C#N. The van der Waals surface area contributed by atoms with Crippen molar-refractivity contribution in [2.45, 2.75) is 6.54 Å². The molecule has 7 heteroatoms. The van der Waals surface area contributed by atoms with Crippen LogP contribution in [0.25, 0.3) is 11.6 Å². The smallest absolute Gasteiger partial charge is 0.140 e. The van der Waals surface area contributed by atoms with Crippen LogP contribution in [0.2, 0.25) is 5.02 Å². The van der Waals surface area contributed by atoms with Gasteiger partial charge < -0.3 is 10.8 Å². The number of nitrogens with two attached hydrogens (primary N) is 1. The number of anilines is 1. The lowest BCUT2D eigenvalue weighted by molar-refractivity contribution is 0.270. The minimum absolute atomic E-state index is 0.105. The van der Waals surface area contributed by atoms with Crippen molar-refractivity contribution in [1.82, 2.24) is 9.78 Å². The summed E-state index contributed by atoms with van der Waals surface area (Å²) in [5, 5.41) is 32.2. The van der Waals surface area contributed by atoms with Crippen LogP contribution in [-0.4, -0.2) is 21.5 Å². The third-order valence-electron chi connectivity index (χ3n) is 3.00. The second-order valence-electron chi connectivity index (χ2n) is 4.36. The molecular weight excluding hydrogens is 302 g/mol. The zero-order valence-electron chi connectivity index (χ0n) is 11.5. The molecule has 110 valence electrons. The van der Waals surface area contributed by atoms with Gasteiger partial charge in [-0.25, -0.2) is 4.68 Å². The predicted octanol–water partition coefficient (Wildman–Crippen LogP) is 2.05. The number of benzene rings is 1. The van der Waals surface area contributed by atoms with Crippen LogP contribution in [0.15, 0.2) is 24.3 Å². The van der Waals surface area contributed by atoms with Crippen molar-refractivity contribution in [1.29, 1.82) is 10.5 Å². The van der Waals surface area contributed by atoms with E-state index in [0.717, 1.165) is 0 Å². The van der Waals surface area contributed by atoms with E-state index < -0.39 is 0 Å². The van der Waals surface area contributed by atoms with Gasteiger partial charge in [0.2, 0.25) is 0 Å². The van der Waals surface area contributed by atoms with Gasteiger partial charge in [-0.1, -0.05) is 29.8 Å². The summed E-state index contributed by atoms with van der Waals surface area (Å²) in [5.74, 6) is 0.117. The van der Waals surface area contributed by atoms with Crippen molar-refractivity contribution in [2.24, 2.45) is 0 Å². The Morgan fingerprint density at radius 1 is 1.41 bits per heavy atom. The lowest BCUT2D eigenvalue weighted by atomic mass is 10.1. The fraction of sp³-hybridized carbons (Fsp3) is 0.133. The first-order valence-corrected chi connectivity index (χ1v) is 6.74. The number of allylic oxidation sites excluding steroid dienone is 1. The van der Waals surface area contributed by atoms with Gasteiger partial charge in [0.05, 0.1) is 18.7 Å². The van der Waals surface area contributed by atoms with Crippen molar-refractivity contribution >= 4 is 29.1 Å². The highest BCUT2D eigenvalue weighted by molar-refractivity contribution is 6.32. The normalized spacial score (nSPS) is 11.0. The van der Waals surface area contributed by atoms with Gasteiger partial charge >= 0.3 is 0 Å². The van der Waals surface area contributed by atoms with E-state index in [0.29, 0.717) is 10.6 Å². The lowest BCUT2D eigenvalue weighted by Gasteiger charge is -1.99. The highest BCUT2D eigenvalue weighted by atomic mass is 35.5. The number of rotatable bonds is 4. The van der Waals surface area contributed by atoms with Crippen LogP contribution in [0.1, 0.15) is 16.8 Å². The Morgan fingerprint density at radius 3 is 2.73 bits per heavy atom. The molecular formula is C15H12ClN5O. The maximum atomic E-state index is 9.37. The summed E-state index contributed by atoms with van der Waals surface area (Å²) in [5.41, 5.74) is 6.92. The van der Waals surface area contributed by atoms with Crippen molar-refractivity contribution in [3.63, 3.8) is 0 Å². The molecule has 1 heterocycles. The molecule has 22 heavy (non-hydrogen) atoms. The van der Waals surface area contributed by atoms with Crippen molar-refractivity contribution in [3.8, 4) is 12.1 Å². The molecule has 0 amide bonds. The van der Waals surface area contributed by atoms with Gasteiger partial charge in [0.25, 0.3) is 0 Å². The summed E-state index contributed by atoms with van der Waals surface area (Å²) in [4.78, 5) is 0. The number of nitrogens with zero attached hydrogens (tertiary/aromatic N) is 4. The first-order valence-electron chi connectivity index (χ1n) is 6.36. The average Bonchev–Trinajstić information content (AvgIpc) is 2.83. The number of aromatic nitrogens is 2. The van der Waals surface area contributed by atoms with Crippen LogP contribution in [0.5, 0.6) is 0 Å². The van der Waals surface area contributed by atoms with Crippen LogP contribution in [0.3, 0.4) is 0 Å². The molecule has 0 saturated heterocycles. The van der Waals surface area contributed by atoms with E-state index in [-0.39, 0.29) is 35.8 Å². The molecule has 0 unspecified atom stereocenters. The minimum Gasteiger partial charge on any atom is -0.394 e. The molecule has 0 saturated carbocycles. The van der Waals surface area contributed by atoms with Crippen LogP contribution in [0.4, 0.5) is 5.82 Å². The van der Waals surface area contributed by atoms with E-state index in [1.54, 1.807) is 30.3 Å². The summed E-state index contributed by atoms with van der Waals surface area (Å²) in [6, 6.07) is 11.0. The van der Waals surface area contributed by atoms with E-state index in [2.05, 4.69) is 5.10 Å². The Balaban J connectivity index is 2.58. The van der Waals surface area contributed by atoms with Crippen LogP contribution in [-0.2, 0) is 6.54 Å². The number of aliphatic hydroxyl groups excluding tert-OH is 1. The molecule has 0 radical (unpaired) electrons. The number of nitrogen functional groups attached to an aromatic ring is 1. The number of nitriles is 2. The fourth-order valence-electron chi connectivity index (χ4n) is 1.94. The van der Waals surface area contributed by atoms with Gasteiger partial charge in [-0.3, -0.25) is 0 Å². The quantitative estimate of drug-likeness (QED) is 0.839. The highest BCUT2D eigenvalue weighted by Crippen LogP contribution is 2.26. The first kappa shape index (κ1) is 15.6. The van der Waals surface area contributed by atoms with Gasteiger partial charge in [0.1, 0.15) is 29.2 Å². The summed E-state index contributed by atoms with van der Waals surface area (Å²) in [6.45, 7) is -0.0301. The number of halogens is 1. The number of aliphatic hydroxyl groups is 1. The van der Waals surface area contributed by atoms with Gasteiger partial charge in [0, 0.05) is 5.02 Å². The third kappa shape index (κ3) is 2.94. The third-order valence-corrected chi connectivity index (χ3v) is 3.34. The predicted molar refractivity (Wildman–Crippen MR) is 83.4 cm³/mol. The van der Waals surface area contributed by atoms with Crippen LogP contribution < -0.4 is 5.73 Å². The lowest BCUT2D eigenvalue weighted by Crippen LogP contribution is -2.07. The second kappa shape index (κ2) is 6.77. The van der Waals surface area contributed by atoms with Gasteiger partial charge in [-0.05, 0) is 17.7 Å². The highest BCUT2D eigenvalue weighted by Gasteiger charge is 2.18. The fourth-order valence-corrected chi connectivity index (χ4v) is 2.13. The molecule has 0 aliphatic rings. The number of hydrogen-bond acceptors (Lipinski definition) is 5. The van der Waals surface area contributed by atoms with Crippen molar-refractivity contribution < 1.29 is 5.11 Å². The zero-order chi connectivity index (χ0) is 16.1. The second-order valence-corrected chi connectivity index (χ2v) is 4.77. The summed E-state index contributed by atoms with van der Waals surface area (Å²) >= 11 is 6.07. The van der Waals surface area contributed by atoms with Crippen molar-refractivity contribution in [3.05, 3.63) is 46.1 Å². The van der Waals surface area contributed by atoms with Gasteiger partial charge in [-0.15, -0.1) is 0 Å². The Morgan fingerprint density at radius 2 is 2.14 bits per heavy atom. The molecule has 2 aromatic rings. The molecule has 1 aromatic carbocycles. The van der Waals surface area contributed by atoms with Crippen LogP contribution >= 0.6 is 11.6 Å². The van der Waals surface area contributed by atoms with E-state index in [9.17, 15) is 10.5 Å². The number of hydrogen-bond donors (Lipinski definition) is 2. The Kier molecular flexibility index (Phi) is 4.80. The monoisotopic (exact) mass is 313 g/mol. The Bertz CT molecular complexity index is 810. The van der Waals surface area contributed by atoms with Gasteiger partial charge in [-0.2, -0.15) is 15.6 Å². The molecule has 6 nitrogen and oxygen atoms in total. The zero-order valence-corrected chi connectivity index (χ0v) is 12.2. The standard InChI is InChI=1S/C15H12ClN5O/c16-13-4-2-1-3-10(13)7-11(8-17)14-12(9-18)15(19)21(20-14)5-6-22/h1-4,7,22H,5-6,19H2/b11-7+. The molecule has 2 rings (SSSR count). The molecule has 1 aromatic heterocycles. The Labute approximate surface area is 132 Å². The maximum Gasteiger partial charge on any atom is 0.140 e. The van der Waals surface area contributed by atoms with E-state index in [1.807, 2.05) is 12.1 Å². The molecule has 0 fully saturated rings. The largest absolute Gasteiger partial charge is 0.394 e. The average molecular weight is 314 g/mol. The topological polar surface area (TPSA) is 112 Å². The van der Waals surface area contributed by atoms with Crippen LogP contribution in [0, 0.1) is 22.7 Å². The molecule has 0 bridgehead atoms. The van der Waals surface area contributed by atoms with Gasteiger partial charge in [0.15, 0.2) is 0 Å². The van der Waals surface area contributed by atoms with E-state index >= 15 is 0 Å². The molecule has 0 aliphatic carbocycles. The van der Waals surface area contributed by atoms with Crippen molar-refractivity contribution in [2.75, 3.05) is 12.3 Å². The molecule has 0 atom stereocenters. The summed E-state index contributed by atoms with van der Waals surface area (Å²) in [7, 11) is 0. The molecule has 0 aliphatic heterocycles. The van der Waals surface area contributed by atoms with E-state index in [1.165, 1.54) is 4.68 Å².